The van der Waals surface area contributed by atoms with E-state index in [1.54, 1.807) is 19.5 Å². The molecule has 0 spiro atoms. The number of H-pyrrole nitrogens is 1. The Kier molecular flexibility index (Phi) is 6.02. The molecule has 8 nitrogen and oxygen atoms in total. The Hall–Kier alpha value is -2.97. The number of aromatic nitrogens is 5. The number of likely N-dealkylation sites (tertiary alicyclic amines) is 1. The summed E-state index contributed by atoms with van der Waals surface area (Å²) in [6.45, 7) is 3.19. The van der Waals surface area contributed by atoms with Gasteiger partial charge in [-0.25, -0.2) is 15.0 Å². The Morgan fingerprint density at radius 1 is 1.28 bits per heavy atom. The minimum Gasteiger partial charge on any atom is -0.384 e. The number of methoxy groups -OCH3 is 1. The van der Waals surface area contributed by atoms with E-state index in [2.05, 4.69) is 24.8 Å². The fraction of sp³-hybridized carbons (Fsp3) is 0.381. The largest absolute Gasteiger partial charge is 0.384 e. The highest BCUT2D eigenvalue weighted by Gasteiger charge is 2.26. The first-order valence-electron chi connectivity index (χ1n) is 9.74. The summed E-state index contributed by atoms with van der Waals surface area (Å²) >= 11 is 0. The lowest BCUT2D eigenvalue weighted by molar-refractivity contribution is 0.200. The first kappa shape index (κ1) is 19.4. The van der Waals surface area contributed by atoms with Crippen molar-refractivity contribution < 1.29 is 4.74 Å². The van der Waals surface area contributed by atoms with Crippen LogP contribution in [-0.2, 0) is 17.7 Å². The molecule has 150 valence electrons. The molecular formula is C21H24N6O2. The lowest BCUT2D eigenvalue weighted by Gasteiger charge is -2.16. The van der Waals surface area contributed by atoms with Gasteiger partial charge in [0.1, 0.15) is 11.6 Å². The average molecular weight is 392 g/mol. The van der Waals surface area contributed by atoms with Crippen molar-refractivity contribution in [2.24, 2.45) is 0 Å². The Labute approximate surface area is 169 Å². The number of aromatic amines is 1. The van der Waals surface area contributed by atoms with Crippen LogP contribution in [0.2, 0.25) is 0 Å². The predicted octanol–water partition coefficient (Wildman–Crippen LogP) is 1.80. The quantitative estimate of drug-likeness (QED) is 0.655. The first-order chi connectivity index (χ1) is 14.2. The number of ether oxygens (including phenoxy) is 1. The Balaban J connectivity index is 1.42. The number of nitrogens with one attached hydrogen (secondary N) is 1. The number of rotatable bonds is 7. The third kappa shape index (κ3) is 4.90. The van der Waals surface area contributed by atoms with Gasteiger partial charge in [0.05, 0.1) is 12.3 Å². The van der Waals surface area contributed by atoms with Crippen LogP contribution in [0.1, 0.15) is 29.6 Å². The van der Waals surface area contributed by atoms with Crippen molar-refractivity contribution in [3.63, 3.8) is 0 Å². The summed E-state index contributed by atoms with van der Waals surface area (Å²) in [5.41, 5.74) is 2.46. The molecule has 0 aliphatic carbocycles. The first-order valence-corrected chi connectivity index (χ1v) is 9.74. The molecule has 4 heterocycles. The third-order valence-corrected chi connectivity index (χ3v) is 5.07. The van der Waals surface area contributed by atoms with E-state index < -0.39 is 0 Å². The van der Waals surface area contributed by atoms with Gasteiger partial charge < -0.3 is 9.72 Å². The highest BCUT2D eigenvalue weighted by molar-refractivity contribution is 5.56. The van der Waals surface area contributed by atoms with Crippen LogP contribution in [0.5, 0.6) is 0 Å². The lowest BCUT2D eigenvalue weighted by atomic mass is 10.1. The van der Waals surface area contributed by atoms with Crippen molar-refractivity contribution in [2.45, 2.75) is 25.3 Å². The molecule has 3 aromatic heterocycles. The maximum absolute atomic E-state index is 12.2. The number of pyridine rings is 1. The smallest absolute Gasteiger partial charge is 0.251 e. The van der Waals surface area contributed by atoms with Gasteiger partial charge in [-0.2, -0.15) is 0 Å². The van der Waals surface area contributed by atoms with Gasteiger partial charge in [0, 0.05) is 74.5 Å². The molecule has 8 heteroatoms. The van der Waals surface area contributed by atoms with E-state index in [0.29, 0.717) is 12.3 Å². The van der Waals surface area contributed by atoms with Gasteiger partial charge in [0.15, 0.2) is 0 Å². The summed E-state index contributed by atoms with van der Waals surface area (Å²) in [4.78, 5) is 35.1. The predicted molar refractivity (Wildman–Crippen MR) is 108 cm³/mol. The Morgan fingerprint density at radius 3 is 2.90 bits per heavy atom. The average Bonchev–Trinajstić information content (AvgIpc) is 3.22. The highest BCUT2D eigenvalue weighted by Crippen LogP contribution is 2.26. The van der Waals surface area contributed by atoms with Gasteiger partial charge in [0.25, 0.3) is 5.56 Å². The molecule has 29 heavy (non-hydrogen) atoms. The Morgan fingerprint density at radius 2 is 2.14 bits per heavy atom. The summed E-state index contributed by atoms with van der Waals surface area (Å²) in [5, 5.41) is 0. The highest BCUT2D eigenvalue weighted by atomic mass is 16.5. The second kappa shape index (κ2) is 9.02. The van der Waals surface area contributed by atoms with Gasteiger partial charge in [-0.15, -0.1) is 0 Å². The normalized spacial score (nSPS) is 16.9. The minimum atomic E-state index is -0.132. The molecule has 1 aliphatic rings. The molecule has 0 radical (unpaired) electrons. The molecule has 1 saturated heterocycles. The standard InChI is InChI=1S/C21H24N6O2/c1-29-8-5-19-23-10-15(11-24-19)13-27-7-4-17(14-27)21-25-18(9-20(28)26-21)16-3-2-6-22-12-16/h2-3,6,9-12,17H,4-5,7-8,13-14H2,1H3,(H,25,26,28)/t17-/m1/s1. The van der Waals surface area contributed by atoms with Gasteiger partial charge in [0.2, 0.25) is 0 Å². The van der Waals surface area contributed by atoms with E-state index in [1.165, 1.54) is 6.07 Å². The fourth-order valence-electron chi connectivity index (χ4n) is 3.58. The zero-order chi connectivity index (χ0) is 20.1. The van der Waals surface area contributed by atoms with Crippen molar-refractivity contribution in [3.8, 4) is 11.3 Å². The summed E-state index contributed by atoms with van der Waals surface area (Å²) in [6.07, 6.45) is 8.87. The summed E-state index contributed by atoms with van der Waals surface area (Å²) in [5.74, 6) is 1.73. The molecule has 0 bridgehead atoms. The second-order valence-electron chi connectivity index (χ2n) is 7.23. The molecule has 1 aliphatic heterocycles. The van der Waals surface area contributed by atoms with Gasteiger partial charge in [-0.05, 0) is 25.1 Å². The molecule has 1 atom stereocenters. The molecule has 0 saturated carbocycles. The van der Waals surface area contributed by atoms with E-state index in [-0.39, 0.29) is 11.5 Å². The Bertz CT molecular complexity index is 990. The van der Waals surface area contributed by atoms with E-state index in [0.717, 1.165) is 55.3 Å². The van der Waals surface area contributed by atoms with Crippen molar-refractivity contribution in [2.75, 3.05) is 26.8 Å². The lowest BCUT2D eigenvalue weighted by Crippen LogP contribution is -2.21. The molecule has 4 rings (SSSR count). The molecule has 0 amide bonds. The molecule has 1 fully saturated rings. The topological polar surface area (TPSA) is 96.9 Å². The minimum absolute atomic E-state index is 0.132. The van der Waals surface area contributed by atoms with Crippen LogP contribution in [0.15, 0.2) is 47.8 Å². The molecule has 0 unspecified atom stereocenters. The van der Waals surface area contributed by atoms with Crippen LogP contribution < -0.4 is 5.56 Å². The van der Waals surface area contributed by atoms with Crippen molar-refractivity contribution in [1.82, 2.24) is 29.8 Å². The van der Waals surface area contributed by atoms with Gasteiger partial charge in [-0.1, -0.05) is 0 Å². The van der Waals surface area contributed by atoms with Crippen LogP contribution in [-0.4, -0.2) is 56.6 Å². The van der Waals surface area contributed by atoms with E-state index in [9.17, 15) is 4.79 Å². The molecule has 0 aromatic carbocycles. The number of nitrogens with zero attached hydrogens (tertiary/aromatic N) is 5. The van der Waals surface area contributed by atoms with Crippen LogP contribution in [0.3, 0.4) is 0 Å². The summed E-state index contributed by atoms with van der Waals surface area (Å²) < 4.78 is 5.06. The van der Waals surface area contributed by atoms with Crippen LogP contribution in [0.4, 0.5) is 0 Å². The van der Waals surface area contributed by atoms with Crippen molar-refractivity contribution in [3.05, 3.63) is 70.6 Å². The molecule has 1 N–H and O–H groups in total. The third-order valence-electron chi connectivity index (χ3n) is 5.07. The maximum Gasteiger partial charge on any atom is 0.251 e. The van der Waals surface area contributed by atoms with Gasteiger partial charge in [-0.3, -0.25) is 14.7 Å². The zero-order valence-electron chi connectivity index (χ0n) is 16.4. The van der Waals surface area contributed by atoms with Crippen LogP contribution >= 0.6 is 0 Å². The summed E-state index contributed by atoms with van der Waals surface area (Å²) in [6, 6.07) is 5.28. The summed E-state index contributed by atoms with van der Waals surface area (Å²) in [7, 11) is 1.67. The molecular weight excluding hydrogens is 368 g/mol. The van der Waals surface area contributed by atoms with Gasteiger partial charge >= 0.3 is 0 Å². The van der Waals surface area contributed by atoms with E-state index >= 15 is 0 Å². The number of hydrogen-bond donors (Lipinski definition) is 1. The maximum atomic E-state index is 12.2. The molecule has 3 aromatic rings. The monoisotopic (exact) mass is 392 g/mol. The SMILES string of the molecule is COCCc1ncc(CN2CC[C@@H](c3nc(-c4cccnc4)cc(=O)[nH]3)C2)cn1. The van der Waals surface area contributed by atoms with E-state index in [4.69, 9.17) is 9.72 Å². The second-order valence-corrected chi connectivity index (χ2v) is 7.23. The number of hydrogen-bond acceptors (Lipinski definition) is 7. The fourth-order valence-corrected chi connectivity index (χ4v) is 3.58. The van der Waals surface area contributed by atoms with Crippen molar-refractivity contribution in [1.29, 1.82) is 0 Å². The van der Waals surface area contributed by atoms with Crippen LogP contribution in [0, 0.1) is 0 Å². The van der Waals surface area contributed by atoms with E-state index in [1.807, 2.05) is 24.5 Å². The van der Waals surface area contributed by atoms with Crippen LogP contribution in [0.25, 0.3) is 11.3 Å². The zero-order valence-corrected chi connectivity index (χ0v) is 16.4. The van der Waals surface area contributed by atoms with Crippen molar-refractivity contribution >= 4 is 0 Å².